The molecule has 0 amide bonds. The van der Waals surface area contributed by atoms with Gasteiger partial charge in [0.1, 0.15) is 23.2 Å². The molecule has 0 saturated heterocycles. The molecule has 1 aromatic heterocycles. The van der Waals surface area contributed by atoms with Crippen molar-refractivity contribution < 1.29 is 4.74 Å². The number of benzene rings is 1. The molecule has 0 spiro atoms. The van der Waals surface area contributed by atoms with Crippen LogP contribution in [0.3, 0.4) is 0 Å². The molecule has 0 atom stereocenters. The van der Waals surface area contributed by atoms with Crippen molar-refractivity contribution in [2.75, 3.05) is 12.8 Å². The predicted molar refractivity (Wildman–Crippen MR) is 80.6 cm³/mol. The van der Waals surface area contributed by atoms with Crippen LogP contribution in [0.5, 0.6) is 5.75 Å². The number of aromatic amines is 1. The van der Waals surface area contributed by atoms with Gasteiger partial charge >= 0.3 is 0 Å². The van der Waals surface area contributed by atoms with E-state index in [9.17, 15) is 5.26 Å². The minimum Gasteiger partial charge on any atom is -0.496 e. The zero-order chi connectivity index (χ0) is 14.9. The van der Waals surface area contributed by atoms with Gasteiger partial charge in [-0.05, 0) is 23.1 Å². The maximum Gasteiger partial charge on any atom is 0.122 e. The van der Waals surface area contributed by atoms with Crippen molar-refractivity contribution >= 4 is 5.82 Å². The van der Waals surface area contributed by atoms with E-state index in [1.54, 1.807) is 13.3 Å². The summed E-state index contributed by atoms with van der Waals surface area (Å²) in [7, 11) is 1.67. The van der Waals surface area contributed by atoms with E-state index in [0.29, 0.717) is 11.4 Å². The van der Waals surface area contributed by atoms with Crippen LogP contribution in [0.15, 0.2) is 24.4 Å². The van der Waals surface area contributed by atoms with Gasteiger partial charge < -0.3 is 15.5 Å². The van der Waals surface area contributed by atoms with Gasteiger partial charge in [-0.15, -0.1) is 0 Å². The van der Waals surface area contributed by atoms with Crippen LogP contribution in [0, 0.1) is 11.3 Å². The minimum atomic E-state index is -0.0456. The van der Waals surface area contributed by atoms with Crippen molar-refractivity contribution in [3.8, 4) is 22.9 Å². The van der Waals surface area contributed by atoms with Gasteiger partial charge in [0.2, 0.25) is 0 Å². The molecule has 20 heavy (non-hydrogen) atoms. The topological polar surface area (TPSA) is 74.8 Å². The van der Waals surface area contributed by atoms with E-state index in [-0.39, 0.29) is 5.41 Å². The van der Waals surface area contributed by atoms with E-state index in [0.717, 1.165) is 22.4 Å². The lowest BCUT2D eigenvalue weighted by Gasteiger charge is -2.22. The van der Waals surface area contributed by atoms with Crippen LogP contribution in [0.2, 0.25) is 0 Å². The van der Waals surface area contributed by atoms with E-state index < -0.39 is 0 Å². The van der Waals surface area contributed by atoms with Crippen LogP contribution >= 0.6 is 0 Å². The Morgan fingerprint density at radius 2 is 2.00 bits per heavy atom. The lowest BCUT2D eigenvalue weighted by atomic mass is 9.84. The summed E-state index contributed by atoms with van der Waals surface area (Å²) in [6.45, 7) is 6.39. The van der Waals surface area contributed by atoms with E-state index >= 15 is 0 Å². The van der Waals surface area contributed by atoms with Crippen LogP contribution in [-0.4, -0.2) is 12.1 Å². The summed E-state index contributed by atoms with van der Waals surface area (Å²) in [5.74, 6) is 1.25. The number of anilines is 1. The monoisotopic (exact) mass is 269 g/mol. The summed E-state index contributed by atoms with van der Waals surface area (Å²) >= 11 is 0. The SMILES string of the molecule is COc1ccc(-c2c[nH]c(N)c2C#N)cc1C(C)(C)C. The molecule has 0 bridgehead atoms. The number of nitrogens with two attached hydrogens (primary N) is 1. The highest BCUT2D eigenvalue weighted by Crippen LogP contribution is 2.36. The number of aromatic nitrogens is 1. The number of hydrogen-bond donors (Lipinski definition) is 2. The molecule has 3 N–H and O–H groups in total. The smallest absolute Gasteiger partial charge is 0.122 e. The molecule has 0 radical (unpaired) electrons. The highest BCUT2D eigenvalue weighted by molar-refractivity contribution is 5.77. The lowest BCUT2D eigenvalue weighted by Crippen LogP contribution is -2.12. The number of nitrogens with one attached hydrogen (secondary N) is 1. The van der Waals surface area contributed by atoms with Crippen molar-refractivity contribution in [3.05, 3.63) is 35.5 Å². The summed E-state index contributed by atoms with van der Waals surface area (Å²) in [6.07, 6.45) is 1.77. The molecule has 1 aromatic carbocycles. The first-order chi connectivity index (χ1) is 9.38. The quantitative estimate of drug-likeness (QED) is 0.876. The van der Waals surface area contributed by atoms with Crippen molar-refractivity contribution in [1.29, 1.82) is 5.26 Å². The van der Waals surface area contributed by atoms with E-state index in [2.05, 4.69) is 37.9 Å². The maximum absolute atomic E-state index is 9.20. The maximum atomic E-state index is 9.20. The third-order valence-corrected chi connectivity index (χ3v) is 3.34. The van der Waals surface area contributed by atoms with E-state index in [1.807, 2.05) is 12.1 Å². The van der Waals surface area contributed by atoms with Gasteiger partial charge in [-0.1, -0.05) is 26.8 Å². The molecular weight excluding hydrogens is 250 g/mol. The zero-order valence-corrected chi connectivity index (χ0v) is 12.2. The Balaban J connectivity index is 2.63. The summed E-state index contributed by atoms with van der Waals surface area (Å²) in [5, 5.41) is 9.20. The van der Waals surface area contributed by atoms with Crippen molar-refractivity contribution in [1.82, 2.24) is 4.98 Å². The fraction of sp³-hybridized carbons (Fsp3) is 0.312. The molecule has 2 rings (SSSR count). The number of nitrogen functional groups attached to an aromatic ring is 1. The first-order valence-electron chi connectivity index (χ1n) is 6.44. The number of rotatable bonds is 2. The van der Waals surface area contributed by atoms with Crippen molar-refractivity contribution in [2.45, 2.75) is 26.2 Å². The largest absolute Gasteiger partial charge is 0.496 e. The van der Waals surface area contributed by atoms with Gasteiger partial charge in [0.15, 0.2) is 0 Å². The first kappa shape index (κ1) is 14.0. The molecule has 104 valence electrons. The summed E-state index contributed by atoms with van der Waals surface area (Å²) < 4.78 is 5.43. The summed E-state index contributed by atoms with van der Waals surface area (Å²) in [5.41, 5.74) is 9.08. The molecule has 4 heteroatoms. The van der Waals surface area contributed by atoms with Crippen LogP contribution in [0.4, 0.5) is 5.82 Å². The fourth-order valence-corrected chi connectivity index (χ4v) is 2.25. The molecule has 1 heterocycles. The Hall–Kier alpha value is -2.41. The molecule has 0 unspecified atom stereocenters. The fourth-order valence-electron chi connectivity index (χ4n) is 2.25. The summed E-state index contributed by atoms with van der Waals surface area (Å²) in [4.78, 5) is 2.90. The number of ether oxygens (including phenoxy) is 1. The highest BCUT2D eigenvalue weighted by atomic mass is 16.5. The van der Waals surface area contributed by atoms with E-state index in [4.69, 9.17) is 10.5 Å². The molecule has 0 fully saturated rings. The van der Waals surface area contributed by atoms with Gasteiger partial charge in [0, 0.05) is 17.3 Å². The normalized spacial score (nSPS) is 11.2. The lowest BCUT2D eigenvalue weighted by molar-refractivity contribution is 0.397. The molecule has 0 aliphatic rings. The molecule has 0 aliphatic carbocycles. The number of nitrogens with zero attached hydrogens (tertiary/aromatic N) is 1. The van der Waals surface area contributed by atoms with Crippen molar-refractivity contribution in [3.63, 3.8) is 0 Å². The third kappa shape index (κ3) is 2.35. The predicted octanol–water partition coefficient (Wildman–Crippen LogP) is 3.44. The molecule has 0 aliphatic heterocycles. The molecule has 2 aromatic rings. The van der Waals surface area contributed by atoms with Crippen LogP contribution in [-0.2, 0) is 5.41 Å². The molecular formula is C16H19N3O. The summed E-state index contributed by atoms with van der Waals surface area (Å²) in [6, 6.07) is 8.07. The van der Waals surface area contributed by atoms with Crippen LogP contribution in [0.25, 0.3) is 11.1 Å². The molecule has 0 saturated carbocycles. The average molecular weight is 269 g/mol. The Morgan fingerprint density at radius 1 is 1.30 bits per heavy atom. The van der Waals surface area contributed by atoms with Gasteiger partial charge in [-0.25, -0.2) is 0 Å². The average Bonchev–Trinajstić information content (AvgIpc) is 2.78. The van der Waals surface area contributed by atoms with Gasteiger partial charge in [0.25, 0.3) is 0 Å². The Bertz CT molecular complexity index is 672. The van der Waals surface area contributed by atoms with Gasteiger partial charge in [0.05, 0.1) is 7.11 Å². The standard InChI is InChI=1S/C16H19N3O/c1-16(2,3)13-7-10(5-6-14(13)20-4)12-9-19-15(18)11(12)8-17/h5-7,9,19H,18H2,1-4H3. The number of hydrogen-bond acceptors (Lipinski definition) is 3. The Morgan fingerprint density at radius 3 is 2.55 bits per heavy atom. The first-order valence-corrected chi connectivity index (χ1v) is 6.44. The minimum absolute atomic E-state index is 0.0456. The zero-order valence-electron chi connectivity index (χ0n) is 12.2. The van der Waals surface area contributed by atoms with Crippen LogP contribution in [0.1, 0.15) is 31.9 Å². The van der Waals surface area contributed by atoms with E-state index in [1.165, 1.54) is 0 Å². The molecule has 4 nitrogen and oxygen atoms in total. The van der Waals surface area contributed by atoms with Gasteiger partial charge in [-0.3, -0.25) is 0 Å². The van der Waals surface area contributed by atoms with Crippen molar-refractivity contribution in [2.24, 2.45) is 0 Å². The Labute approximate surface area is 119 Å². The third-order valence-electron chi connectivity index (χ3n) is 3.34. The number of methoxy groups -OCH3 is 1. The van der Waals surface area contributed by atoms with Gasteiger partial charge in [-0.2, -0.15) is 5.26 Å². The second-order valence-corrected chi connectivity index (χ2v) is 5.77. The number of nitriles is 1. The number of H-pyrrole nitrogens is 1. The second-order valence-electron chi connectivity index (χ2n) is 5.77. The Kier molecular flexibility index (Phi) is 3.46. The van der Waals surface area contributed by atoms with Crippen LogP contribution < -0.4 is 10.5 Å². The highest BCUT2D eigenvalue weighted by Gasteiger charge is 2.20. The second kappa shape index (κ2) is 4.93.